The van der Waals surface area contributed by atoms with Crippen LogP contribution in [0.5, 0.6) is 0 Å². The van der Waals surface area contributed by atoms with Gasteiger partial charge in [0.05, 0.1) is 23.4 Å². The third-order valence-electron chi connectivity index (χ3n) is 4.01. The second-order valence-electron chi connectivity index (χ2n) is 6.59. The number of rotatable bonds is 3. The maximum atomic E-state index is 10.3. The van der Waals surface area contributed by atoms with Gasteiger partial charge in [-0.2, -0.15) is 0 Å². The summed E-state index contributed by atoms with van der Waals surface area (Å²) in [5, 5.41) is 20.3. The SMILES string of the molecule is CC1(C)CC(C(O)C(O)C2CC2)C(C)(C)O1. The summed E-state index contributed by atoms with van der Waals surface area (Å²) in [4.78, 5) is 0. The molecule has 1 saturated heterocycles. The largest absolute Gasteiger partial charge is 0.390 e. The van der Waals surface area contributed by atoms with Gasteiger partial charge in [-0.1, -0.05) is 0 Å². The molecule has 0 bridgehead atoms. The minimum absolute atomic E-state index is 0.0260. The van der Waals surface area contributed by atoms with Crippen molar-refractivity contribution in [3.8, 4) is 0 Å². The molecule has 0 radical (unpaired) electrons. The van der Waals surface area contributed by atoms with E-state index >= 15 is 0 Å². The molecule has 0 aromatic heterocycles. The van der Waals surface area contributed by atoms with Crippen molar-refractivity contribution in [3.05, 3.63) is 0 Å². The topological polar surface area (TPSA) is 49.7 Å². The molecule has 1 aliphatic carbocycles. The third kappa shape index (κ3) is 2.27. The Morgan fingerprint density at radius 2 is 1.62 bits per heavy atom. The van der Waals surface area contributed by atoms with Crippen LogP contribution in [0.1, 0.15) is 47.0 Å². The Morgan fingerprint density at radius 1 is 1.06 bits per heavy atom. The molecular weight excluding hydrogens is 204 g/mol. The van der Waals surface area contributed by atoms with Crippen LogP contribution in [-0.2, 0) is 4.74 Å². The van der Waals surface area contributed by atoms with Gasteiger partial charge >= 0.3 is 0 Å². The molecule has 3 heteroatoms. The molecule has 3 unspecified atom stereocenters. The molecule has 3 nitrogen and oxygen atoms in total. The summed E-state index contributed by atoms with van der Waals surface area (Å²) in [6, 6.07) is 0. The Balaban J connectivity index is 2.07. The van der Waals surface area contributed by atoms with Gasteiger partial charge < -0.3 is 14.9 Å². The zero-order chi connectivity index (χ0) is 12.1. The van der Waals surface area contributed by atoms with Crippen molar-refractivity contribution in [1.29, 1.82) is 0 Å². The maximum absolute atomic E-state index is 10.3. The zero-order valence-corrected chi connectivity index (χ0v) is 10.7. The van der Waals surface area contributed by atoms with E-state index in [0.717, 1.165) is 19.3 Å². The first-order valence-corrected chi connectivity index (χ1v) is 6.29. The monoisotopic (exact) mass is 228 g/mol. The summed E-state index contributed by atoms with van der Waals surface area (Å²) < 4.78 is 5.95. The van der Waals surface area contributed by atoms with Crippen molar-refractivity contribution in [1.82, 2.24) is 0 Å². The fourth-order valence-corrected chi connectivity index (χ4v) is 3.09. The predicted octanol–water partition coefficient (Wildman–Crippen LogP) is 1.71. The van der Waals surface area contributed by atoms with Crippen molar-refractivity contribution in [2.45, 2.75) is 70.4 Å². The van der Waals surface area contributed by atoms with E-state index in [1.807, 2.05) is 27.7 Å². The highest BCUT2D eigenvalue weighted by Gasteiger charge is 2.51. The van der Waals surface area contributed by atoms with Crippen LogP contribution in [0, 0.1) is 11.8 Å². The molecule has 1 aliphatic heterocycles. The molecule has 2 fully saturated rings. The van der Waals surface area contributed by atoms with Gasteiger partial charge in [-0.25, -0.2) is 0 Å². The van der Waals surface area contributed by atoms with E-state index < -0.39 is 12.2 Å². The molecule has 1 saturated carbocycles. The van der Waals surface area contributed by atoms with Crippen molar-refractivity contribution in [3.63, 3.8) is 0 Å². The van der Waals surface area contributed by atoms with Gasteiger partial charge in [-0.3, -0.25) is 0 Å². The van der Waals surface area contributed by atoms with E-state index in [4.69, 9.17) is 4.74 Å². The molecule has 3 atom stereocenters. The van der Waals surface area contributed by atoms with E-state index in [1.54, 1.807) is 0 Å². The van der Waals surface area contributed by atoms with Gasteiger partial charge in [0.25, 0.3) is 0 Å². The van der Waals surface area contributed by atoms with Crippen molar-refractivity contribution in [2.75, 3.05) is 0 Å². The molecule has 16 heavy (non-hydrogen) atoms. The Bertz CT molecular complexity index is 268. The molecule has 2 rings (SSSR count). The average molecular weight is 228 g/mol. The van der Waals surface area contributed by atoms with Crippen LogP contribution in [0.25, 0.3) is 0 Å². The lowest BCUT2D eigenvalue weighted by atomic mass is 9.80. The second-order valence-corrected chi connectivity index (χ2v) is 6.59. The smallest absolute Gasteiger partial charge is 0.0858 e. The first-order valence-electron chi connectivity index (χ1n) is 6.29. The summed E-state index contributed by atoms with van der Waals surface area (Å²) >= 11 is 0. The second kappa shape index (κ2) is 3.69. The van der Waals surface area contributed by atoms with Gasteiger partial charge in [0, 0.05) is 5.92 Å². The van der Waals surface area contributed by atoms with E-state index in [1.165, 1.54) is 0 Å². The van der Waals surface area contributed by atoms with Crippen LogP contribution in [0.4, 0.5) is 0 Å². The molecule has 2 N–H and O–H groups in total. The summed E-state index contributed by atoms with van der Waals surface area (Å²) in [7, 11) is 0. The van der Waals surface area contributed by atoms with Crippen molar-refractivity contribution >= 4 is 0 Å². The lowest BCUT2D eigenvalue weighted by Crippen LogP contribution is -2.43. The number of hydrogen-bond donors (Lipinski definition) is 2. The number of hydrogen-bond acceptors (Lipinski definition) is 3. The number of aliphatic hydroxyl groups is 2. The highest BCUT2D eigenvalue weighted by Crippen LogP contribution is 2.46. The molecule has 94 valence electrons. The summed E-state index contributed by atoms with van der Waals surface area (Å²) in [5.41, 5.74) is -0.544. The molecule has 1 heterocycles. The molecule has 2 aliphatic rings. The van der Waals surface area contributed by atoms with E-state index in [-0.39, 0.29) is 17.1 Å². The maximum Gasteiger partial charge on any atom is 0.0858 e. The highest BCUT2D eigenvalue weighted by atomic mass is 16.5. The first kappa shape index (κ1) is 12.3. The fraction of sp³-hybridized carbons (Fsp3) is 1.00. The lowest BCUT2D eigenvalue weighted by molar-refractivity contribution is -0.106. The van der Waals surface area contributed by atoms with Crippen molar-refractivity contribution in [2.24, 2.45) is 11.8 Å². The summed E-state index contributed by atoms with van der Waals surface area (Å²) in [5.74, 6) is 0.340. The summed E-state index contributed by atoms with van der Waals surface area (Å²) in [6.07, 6.45) is 1.70. The normalized spacial score (nSPS) is 36.0. The highest BCUT2D eigenvalue weighted by molar-refractivity contribution is 5.01. The molecule has 0 aromatic rings. The van der Waals surface area contributed by atoms with Crippen LogP contribution in [0.3, 0.4) is 0 Å². The molecule has 0 spiro atoms. The number of ether oxygens (including phenoxy) is 1. The standard InChI is InChI=1S/C13H24O3/c1-12(2)7-9(13(3,4)16-12)11(15)10(14)8-5-6-8/h8-11,14-15H,5-7H2,1-4H3. The predicted molar refractivity (Wildman–Crippen MR) is 62.1 cm³/mol. The minimum atomic E-state index is -0.649. The fourth-order valence-electron chi connectivity index (χ4n) is 3.09. The van der Waals surface area contributed by atoms with Gasteiger partial charge in [0.1, 0.15) is 0 Å². The third-order valence-corrected chi connectivity index (χ3v) is 4.01. The van der Waals surface area contributed by atoms with E-state index in [9.17, 15) is 10.2 Å². The van der Waals surface area contributed by atoms with Crippen LogP contribution < -0.4 is 0 Å². The van der Waals surface area contributed by atoms with Crippen LogP contribution in [0.2, 0.25) is 0 Å². The van der Waals surface area contributed by atoms with Gasteiger partial charge in [0.15, 0.2) is 0 Å². The van der Waals surface area contributed by atoms with E-state index in [2.05, 4.69) is 0 Å². The van der Waals surface area contributed by atoms with Crippen LogP contribution in [0.15, 0.2) is 0 Å². The minimum Gasteiger partial charge on any atom is -0.390 e. The Hall–Kier alpha value is -0.120. The Labute approximate surface area is 97.8 Å². The number of aliphatic hydroxyl groups excluding tert-OH is 2. The van der Waals surface area contributed by atoms with Crippen LogP contribution >= 0.6 is 0 Å². The van der Waals surface area contributed by atoms with Gasteiger partial charge in [0.2, 0.25) is 0 Å². The molecule has 0 aromatic carbocycles. The Morgan fingerprint density at radius 3 is 2.00 bits per heavy atom. The molecule has 0 amide bonds. The first-order chi connectivity index (χ1) is 7.23. The van der Waals surface area contributed by atoms with Crippen molar-refractivity contribution < 1.29 is 14.9 Å². The van der Waals surface area contributed by atoms with Gasteiger partial charge in [-0.15, -0.1) is 0 Å². The zero-order valence-electron chi connectivity index (χ0n) is 10.7. The summed E-state index contributed by atoms with van der Waals surface area (Å²) in [6.45, 7) is 8.11. The van der Waals surface area contributed by atoms with E-state index in [0.29, 0.717) is 5.92 Å². The quantitative estimate of drug-likeness (QED) is 0.773. The average Bonchev–Trinajstić information content (AvgIpc) is 2.90. The van der Waals surface area contributed by atoms with Crippen LogP contribution in [-0.4, -0.2) is 33.6 Å². The lowest BCUT2D eigenvalue weighted by Gasteiger charge is -2.32. The Kier molecular flexibility index (Phi) is 2.84. The van der Waals surface area contributed by atoms with Gasteiger partial charge in [-0.05, 0) is 52.9 Å². The molecular formula is C13H24O3.